The number of carbonyl (C=O) groups is 3. The average Bonchev–Trinajstić information content (AvgIpc) is 2.93. The van der Waals surface area contributed by atoms with E-state index in [2.05, 4.69) is 12.2 Å². The lowest BCUT2D eigenvalue weighted by molar-refractivity contribution is -0.119. The summed E-state index contributed by atoms with van der Waals surface area (Å²) in [6.45, 7) is 4.16. The molecule has 0 saturated carbocycles. The molecular weight excluding hydrogens is 344 g/mol. The van der Waals surface area contributed by atoms with Gasteiger partial charge in [0.15, 0.2) is 0 Å². The Morgan fingerprint density at radius 2 is 1.63 bits per heavy atom. The Balaban J connectivity index is 1.74. The summed E-state index contributed by atoms with van der Waals surface area (Å²) in [6.07, 6.45) is 1.92. The van der Waals surface area contributed by atoms with Crippen LogP contribution in [0, 0.1) is 0 Å². The Bertz CT molecular complexity index is 843. The van der Waals surface area contributed by atoms with Gasteiger partial charge in [0.05, 0.1) is 23.4 Å². The van der Waals surface area contributed by atoms with Gasteiger partial charge < -0.3 is 10.1 Å². The number of rotatable bonds is 7. The summed E-state index contributed by atoms with van der Waals surface area (Å²) in [5, 5.41) is 2.77. The molecule has 0 spiro atoms. The smallest absolute Gasteiger partial charge is 0.262 e. The zero-order valence-electron chi connectivity index (χ0n) is 15.4. The number of nitrogens with zero attached hydrogens (tertiary/aromatic N) is 1. The predicted octanol–water partition coefficient (Wildman–Crippen LogP) is 3.49. The summed E-state index contributed by atoms with van der Waals surface area (Å²) in [7, 11) is 0. The first-order valence-corrected chi connectivity index (χ1v) is 9.04. The SMILES string of the molecule is CCCCOc1ccccc1NC(=O)[C@@H](C)N1C(=O)c2ccccc2C1=O. The van der Waals surface area contributed by atoms with Gasteiger partial charge in [-0.05, 0) is 37.6 Å². The molecule has 2 aromatic carbocycles. The van der Waals surface area contributed by atoms with E-state index in [1.165, 1.54) is 6.92 Å². The molecule has 1 atom stereocenters. The summed E-state index contributed by atoms with van der Waals surface area (Å²) in [5.41, 5.74) is 1.16. The van der Waals surface area contributed by atoms with Gasteiger partial charge in [-0.1, -0.05) is 37.6 Å². The van der Waals surface area contributed by atoms with Crippen LogP contribution >= 0.6 is 0 Å². The topological polar surface area (TPSA) is 75.7 Å². The van der Waals surface area contributed by atoms with E-state index in [1.54, 1.807) is 42.5 Å². The Morgan fingerprint density at radius 3 is 2.26 bits per heavy atom. The molecule has 0 unspecified atom stereocenters. The van der Waals surface area contributed by atoms with Crippen molar-refractivity contribution in [3.8, 4) is 5.75 Å². The van der Waals surface area contributed by atoms with Gasteiger partial charge in [0, 0.05) is 0 Å². The van der Waals surface area contributed by atoms with Gasteiger partial charge in [0.1, 0.15) is 11.8 Å². The Morgan fingerprint density at radius 1 is 1.04 bits per heavy atom. The van der Waals surface area contributed by atoms with Crippen molar-refractivity contribution in [2.45, 2.75) is 32.7 Å². The number of benzene rings is 2. The third-order valence-corrected chi connectivity index (χ3v) is 4.49. The lowest BCUT2D eigenvalue weighted by Gasteiger charge is -2.22. The van der Waals surface area contributed by atoms with Crippen LogP contribution in [0.4, 0.5) is 5.69 Å². The molecule has 1 aliphatic heterocycles. The number of imide groups is 1. The van der Waals surface area contributed by atoms with Gasteiger partial charge in [0.2, 0.25) is 5.91 Å². The number of anilines is 1. The van der Waals surface area contributed by atoms with Gasteiger partial charge in [-0.3, -0.25) is 19.3 Å². The van der Waals surface area contributed by atoms with E-state index in [9.17, 15) is 14.4 Å². The minimum absolute atomic E-state index is 0.324. The Hall–Kier alpha value is -3.15. The first-order chi connectivity index (χ1) is 13.0. The fraction of sp³-hybridized carbons (Fsp3) is 0.286. The standard InChI is InChI=1S/C21H22N2O4/c1-3-4-13-27-18-12-8-7-11-17(18)22-19(24)14(2)23-20(25)15-9-5-6-10-16(15)21(23)26/h5-12,14H,3-4,13H2,1-2H3,(H,22,24)/t14-/m1/s1. The van der Waals surface area contributed by atoms with Crippen molar-refractivity contribution in [1.82, 2.24) is 4.90 Å². The number of unbranched alkanes of at least 4 members (excludes halogenated alkanes) is 1. The highest BCUT2D eigenvalue weighted by Gasteiger charge is 2.40. The second-order valence-corrected chi connectivity index (χ2v) is 6.39. The second-order valence-electron chi connectivity index (χ2n) is 6.39. The minimum atomic E-state index is -0.943. The molecule has 6 heteroatoms. The fourth-order valence-electron chi connectivity index (χ4n) is 2.94. The van der Waals surface area contributed by atoms with E-state index in [0.29, 0.717) is 29.2 Å². The van der Waals surface area contributed by atoms with Crippen LogP contribution in [0.25, 0.3) is 0 Å². The van der Waals surface area contributed by atoms with Crippen LogP contribution in [0.3, 0.4) is 0 Å². The molecule has 3 rings (SSSR count). The maximum Gasteiger partial charge on any atom is 0.262 e. The summed E-state index contributed by atoms with van der Waals surface area (Å²) in [4.78, 5) is 38.8. The molecule has 6 nitrogen and oxygen atoms in total. The van der Waals surface area contributed by atoms with Crippen molar-refractivity contribution in [3.05, 3.63) is 59.7 Å². The molecule has 0 fully saturated rings. The van der Waals surface area contributed by atoms with E-state index in [4.69, 9.17) is 4.74 Å². The largest absolute Gasteiger partial charge is 0.491 e. The first-order valence-electron chi connectivity index (χ1n) is 9.04. The molecule has 0 radical (unpaired) electrons. The van der Waals surface area contributed by atoms with Crippen LogP contribution in [-0.2, 0) is 4.79 Å². The Labute approximate surface area is 158 Å². The molecule has 0 aliphatic carbocycles. The third kappa shape index (κ3) is 3.69. The Kier molecular flexibility index (Phi) is 5.54. The molecule has 1 heterocycles. The van der Waals surface area contributed by atoms with Crippen LogP contribution in [0.15, 0.2) is 48.5 Å². The maximum absolute atomic E-state index is 12.7. The van der Waals surface area contributed by atoms with Crippen LogP contribution in [0.5, 0.6) is 5.75 Å². The van der Waals surface area contributed by atoms with Gasteiger partial charge in [-0.2, -0.15) is 0 Å². The molecule has 1 aliphatic rings. The van der Waals surface area contributed by atoms with Crippen molar-refractivity contribution in [2.75, 3.05) is 11.9 Å². The number of hydrogen-bond donors (Lipinski definition) is 1. The van der Waals surface area contributed by atoms with Gasteiger partial charge in [-0.25, -0.2) is 0 Å². The fourth-order valence-corrected chi connectivity index (χ4v) is 2.94. The zero-order valence-corrected chi connectivity index (χ0v) is 15.4. The van der Waals surface area contributed by atoms with Crippen LogP contribution in [-0.4, -0.2) is 35.3 Å². The van der Waals surface area contributed by atoms with E-state index >= 15 is 0 Å². The highest BCUT2D eigenvalue weighted by Crippen LogP contribution is 2.27. The highest BCUT2D eigenvalue weighted by molar-refractivity contribution is 6.23. The van der Waals surface area contributed by atoms with Crippen molar-refractivity contribution < 1.29 is 19.1 Å². The van der Waals surface area contributed by atoms with Crippen molar-refractivity contribution in [1.29, 1.82) is 0 Å². The van der Waals surface area contributed by atoms with Gasteiger partial charge >= 0.3 is 0 Å². The number of fused-ring (bicyclic) bond motifs is 1. The van der Waals surface area contributed by atoms with Crippen LogP contribution < -0.4 is 10.1 Å². The molecule has 3 amide bonds. The first kappa shape index (κ1) is 18.6. The third-order valence-electron chi connectivity index (χ3n) is 4.49. The number of nitrogens with one attached hydrogen (secondary N) is 1. The summed E-state index contributed by atoms with van der Waals surface area (Å²) in [6, 6.07) is 12.8. The monoisotopic (exact) mass is 366 g/mol. The minimum Gasteiger partial charge on any atom is -0.491 e. The average molecular weight is 366 g/mol. The molecule has 0 saturated heterocycles. The lowest BCUT2D eigenvalue weighted by atomic mass is 10.1. The van der Waals surface area contributed by atoms with E-state index < -0.39 is 23.8 Å². The lowest BCUT2D eigenvalue weighted by Crippen LogP contribution is -2.45. The van der Waals surface area contributed by atoms with Gasteiger partial charge in [-0.15, -0.1) is 0 Å². The van der Waals surface area contributed by atoms with Crippen molar-refractivity contribution >= 4 is 23.4 Å². The molecule has 1 N–H and O–H groups in total. The molecule has 140 valence electrons. The second kappa shape index (κ2) is 8.03. The van der Waals surface area contributed by atoms with E-state index in [-0.39, 0.29) is 0 Å². The summed E-state index contributed by atoms with van der Waals surface area (Å²) >= 11 is 0. The molecule has 0 bridgehead atoms. The summed E-state index contributed by atoms with van der Waals surface area (Å²) < 4.78 is 5.71. The van der Waals surface area contributed by atoms with Crippen molar-refractivity contribution in [2.24, 2.45) is 0 Å². The van der Waals surface area contributed by atoms with Crippen LogP contribution in [0.1, 0.15) is 47.4 Å². The molecule has 0 aromatic heterocycles. The maximum atomic E-state index is 12.7. The molecule has 27 heavy (non-hydrogen) atoms. The van der Waals surface area contributed by atoms with Gasteiger partial charge in [0.25, 0.3) is 11.8 Å². The molecule has 2 aromatic rings. The number of para-hydroxylation sites is 2. The van der Waals surface area contributed by atoms with Crippen LogP contribution in [0.2, 0.25) is 0 Å². The molecular formula is C21H22N2O4. The number of ether oxygens (including phenoxy) is 1. The summed E-state index contributed by atoms with van der Waals surface area (Å²) in [5.74, 6) is -0.790. The highest BCUT2D eigenvalue weighted by atomic mass is 16.5. The zero-order chi connectivity index (χ0) is 19.4. The van der Waals surface area contributed by atoms with E-state index in [1.807, 2.05) is 6.07 Å². The predicted molar refractivity (Wildman–Crippen MR) is 102 cm³/mol. The number of carbonyl (C=O) groups excluding carboxylic acids is 3. The normalized spacial score (nSPS) is 14.1. The van der Waals surface area contributed by atoms with Crippen molar-refractivity contribution in [3.63, 3.8) is 0 Å². The number of amides is 3. The number of hydrogen-bond acceptors (Lipinski definition) is 4. The quantitative estimate of drug-likeness (QED) is 0.601. The van der Waals surface area contributed by atoms with E-state index in [0.717, 1.165) is 17.7 Å².